The summed E-state index contributed by atoms with van der Waals surface area (Å²) >= 11 is 0. The number of nitrogens with zero attached hydrogens (tertiary/aromatic N) is 3. The summed E-state index contributed by atoms with van der Waals surface area (Å²) in [5, 5.41) is 9.28. The van der Waals surface area contributed by atoms with Gasteiger partial charge in [0, 0.05) is 11.5 Å². The molecule has 25 heavy (non-hydrogen) atoms. The monoisotopic (exact) mass is 330 g/mol. The Morgan fingerprint density at radius 2 is 1.72 bits per heavy atom. The SMILES string of the molecule is COc1ccc(C(C)c2nc(C#N)c(N)nc2-c2ccccc2)cc1. The Hall–Kier alpha value is -3.39. The lowest BCUT2D eigenvalue weighted by atomic mass is 9.93. The van der Waals surface area contributed by atoms with Crippen LogP contribution in [0.3, 0.4) is 0 Å². The second-order valence-electron chi connectivity index (χ2n) is 5.66. The molecule has 0 aliphatic heterocycles. The second kappa shape index (κ2) is 7.02. The molecule has 1 unspecified atom stereocenters. The lowest BCUT2D eigenvalue weighted by Gasteiger charge is -2.17. The highest BCUT2D eigenvalue weighted by atomic mass is 16.5. The van der Waals surface area contributed by atoms with Crippen molar-refractivity contribution in [2.24, 2.45) is 0 Å². The van der Waals surface area contributed by atoms with Crippen LogP contribution in [-0.2, 0) is 0 Å². The molecule has 2 N–H and O–H groups in total. The Bertz CT molecular complexity index is 915. The van der Waals surface area contributed by atoms with Crippen molar-refractivity contribution in [3.8, 4) is 23.1 Å². The van der Waals surface area contributed by atoms with E-state index in [-0.39, 0.29) is 17.4 Å². The largest absolute Gasteiger partial charge is 0.497 e. The molecule has 2 aromatic carbocycles. The number of methoxy groups -OCH3 is 1. The Labute approximate surface area is 146 Å². The molecule has 1 atom stereocenters. The van der Waals surface area contributed by atoms with Gasteiger partial charge in [-0.3, -0.25) is 0 Å². The quantitative estimate of drug-likeness (QED) is 0.787. The fraction of sp³-hybridized carbons (Fsp3) is 0.150. The van der Waals surface area contributed by atoms with E-state index < -0.39 is 0 Å². The first-order chi connectivity index (χ1) is 12.1. The van der Waals surface area contributed by atoms with Gasteiger partial charge in [-0.1, -0.05) is 49.4 Å². The smallest absolute Gasteiger partial charge is 0.183 e. The molecule has 0 amide bonds. The number of nitrogen functional groups attached to an aromatic ring is 1. The second-order valence-corrected chi connectivity index (χ2v) is 5.66. The Morgan fingerprint density at radius 3 is 2.32 bits per heavy atom. The van der Waals surface area contributed by atoms with Crippen LogP contribution in [0.4, 0.5) is 5.82 Å². The third kappa shape index (κ3) is 3.29. The van der Waals surface area contributed by atoms with Crippen LogP contribution in [0.2, 0.25) is 0 Å². The zero-order valence-corrected chi connectivity index (χ0v) is 14.1. The summed E-state index contributed by atoms with van der Waals surface area (Å²) in [5.41, 5.74) is 9.44. The lowest BCUT2D eigenvalue weighted by Crippen LogP contribution is -2.09. The van der Waals surface area contributed by atoms with Crippen molar-refractivity contribution in [2.45, 2.75) is 12.8 Å². The summed E-state index contributed by atoms with van der Waals surface area (Å²) in [6.45, 7) is 2.04. The number of nitrogens with two attached hydrogens (primary N) is 1. The molecule has 0 saturated carbocycles. The molecule has 1 aromatic heterocycles. The molecule has 0 bridgehead atoms. The van der Waals surface area contributed by atoms with E-state index in [0.29, 0.717) is 5.69 Å². The minimum absolute atomic E-state index is 0.0543. The van der Waals surface area contributed by atoms with Crippen LogP contribution >= 0.6 is 0 Å². The van der Waals surface area contributed by atoms with Gasteiger partial charge < -0.3 is 10.5 Å². The van der Waals surface area contributed by atoms with E-state index in [1.165, 1.54) is 0 Å². The van der Waals surface area contributed by atoms with Crippen LogP contribution in [0.15, 0.2) is 54.6 Å². The van der Waals surface area contributed by atoms with Gasteiger partial charge in [-0.2, -0.15) is 5.26 Å². The van der Waals surface area contributed by atoms with Gasteiger partial charge in [-0.05, 0) is 17.7 Å². The molecule has 0 radical (unpaired) electrons. The Morgan fingerprint density at radius 1 is 1.04 bits per heavy atom. The molecule has 124 valence electrons. The maximum Gasteiger partial charge on any atom is 0.183 e. The Kier molecular flexibility index (Phi) is 4.62. The average Bonchev–Trinajstić information content (AvgIpc) is 2.68. The van der Waals surface area contributed by atoms with Crippen LogP contribution < -0.4 is 10.5 Å². The molecule has 0 spiro atoms. The summed E-state index contributed by atoms with van der Waals surface area (Å²) < 4.78 is 5.21. The van der Waals surface area contributed by atoms with Crippen LogP contribution in [0.5, 0.6) is 5.75 Å². The van der Waals surface area contributed by atoms with E-state index in [1.54, 1.807) is 7.11 Å². The van der Waals surface area contributed by atoms with E-state index in [9.17, 15) is 5.26 Å². The zero-order chi connectivity index (χ0) is 17.8. The van der Waals surface area contributed by atoms with Gasteiger partial charge in [0.15, 0.2) is 11.5 Å². The first-order valence-corrected chi connectivity index (χ1v) is 7.91. The molecule has 3 aromatic rings. The van der Waals surface area contributed by atoms with Crippen molar-refractivity contribution in [1.29, 1.82) is 5.26 Å². The van der Waals surface area contributed by atoms with Crippen LogP contribution in [0, 0.1) is 11.3 Å². The summed E-state index contributed by atoms with van der Waals surface area (Å²) in [6, 6.07) is 19.5. The molecule has 0 fully saturated rings. The van der Waals surface area contributed by atoms with Gasteiger partial charge in [-0.25, -0.2) is 9.97 Å². The number of rotatable bonds is 4. The van der Waals surface area contributed by atoms with Crippen molar-refractivity contribution in [2.75, 3.05) is 12.8 Å². The van der Waals surface area contributed by atoms with Gasteiger partial charge >= 0.3 is 0 Å². The minimum Gasteiger partial charge on any atom is -0.497 e. The van der Waals surface area contributed by atoms with Crippen LogP contribution in [0.25, 0.3) is 11.3 Å². The van der Waals surface area contributed by atoms with Crippen molar-refractivity contribution >= 4 is 5.82 Å². The predicted octanol–water partition coefficient (Wildman–Crippen LogP) is 3.76. The lowest BCUT2D eigenvalue weighted by molar-refractivity contribution is 0.414. The highest BCUT2D eigenvalue weighted by Gasteiger charge is 2.20. The van der Waals surface area contributed by atoms with Gasteiger partial charge in [0.05, 0.1) is 18.5 Å². The van der Waals surface area contributed by atoms with E-state index >= 15 is 0 Å². The number of benzene rings is 2. The fourth-order valence-corrected chi connectivity index (χ4v) is 2.70. The molecular weight excluding hydrogens is 312 g/mol. The Balaban J connectivity index is 2.14. The van der Waals surface area contributed by atoms with Gasteiger partial charge in [-0.15, -0.1) is 0 Å². The third-order valence-corrected chi connectivity index (χ3v) is 4.13. The normalized spacial score (nSPS) is 11.6. The predicted molar refractivity (Wildman–Crippen MR) is 97.1 cm³/mol. The topological polar surface area (TPSA) is 84.8 Å². The van der Waals surface area contributed by atoms with Crippen molar-refractivity contribution in [1.82, 2.24) is 9.97 Å². The average molecular weight is 330 g/mol. The number of anilines is 1. The standard InChI is InChI=1S/C20H18N4O/c1-13(14-8-10-16(25-2)11-9-14)18-19(15-6-4-3-5-7-15)24-20(22)17(12-21)23-18/h3-11,13H,1-2H3,(H2,22,24). The fourth-order valence-electron chi connectivity index (χ4n) is 2.70. The number of hydrogen-bond acceptors (Lipinski definition) is 5. The zero-order valence-electron chi connectivity index (χ0n) is 14.1. The van der Waals surface area contributed by atoms with Crippen molar-refractivity contribution in [3.05, 3.63) is 71.5 Å². The highest BCUT2D eigenvalue weighted by molar-refractivity contribution is 5.66. The van der Waals surface area contributed by atoms with Crippen LogP contribution in [-0.4, -0.2) is 17.1 Å². The highest BCUT2D eigenvalue weighted by Crippen LogP contribution is 2.32. The van der Waals surface area contributed by atoms with Gasteiger partial charge in [0.25, 0.3) is 0 Å². The molecule has 5 heteroatoms. The molecule has 0 aliphatic rings. The molecule has 0 saturated heterocycles. The molecule has 0 aliphatic carbocycles. The van der Waals surface area contributed by atoms with Gasteiger partial charge in [0.2, 0.25) is 0 Å². The minimum atomic E-state index is -0.0543. The first kappa shape index (κ1) is 16.5. The maximum atomic E-state index is 9.28. The molecular formula is C20H18N4O. The van der Waals surface area contributed by atoms with E-state index in [0.717, 1.165) is 22.6 Å². The number of hydrogen-bond donors (Lipinski definition) is 1. The molecule has 1 heterocycles. The first-order valence-electron chi connectivity index (χ1n) is 7.91. The third-order valence-electron chi connectivity index (χ3n) is 4.13. The van der Waals surface area contributed by atoms with Gasteiger partial charge in [0.1, 0.15) is 11.8 Å². The number of aromatic nitrogens is 2. The van der Waals surface area contributed by atoms with Crippen molar-refractivity contribution < 1.29 is 4.74 Å². The summed E-state index contributed by atoms with van der Waals surface area (Å²) in [4.78, 5) is 8.97. The van der Waals surface area contributed by atoms with E-state index in [4.69, 9.17) is 10.5 Å². The molecule has 3 rings (SSSR count). The van der Waals surface area contributed by atoms with E-state index in [1.807, 2.05) is 67.6 Å². The number of ether oxygens (including phenoxy) is 1. The summed E-state index contributed by atoms with van der Waals surface area (Å²) in [6.07, 6.45) is 0. The van der Waals surface area contributed by atoms with Crippen molar-refractivity contribution in [3.63, 3.8) is 0 Å². The summed E-state index contributed by atoms with van der Waals surface area (Å²) in [7, 11) is 1.64. The summed E-state index contributed by atoms with van der Waals surface area (Å²) in [5.74, 6) is 0.883. The van der Waals surface area contributed by atoms with Crippen LogP contribution in [0.1, 0.15) is 29.8 Å². The maximum absolute atomic E-state index is 9.28. The number of nitriles is 1. The molecule has 5 nitrogen and oxygen atoms in total. The van der Waals surface area contributed by atoms with E-state index in [2.05, 4.69) is 9.97 Å².